The summed E-state index contributed by atoms with van der Waals surface area (Å²) in [6.45, 7) is 8.89. The van der Waals surface area contributed by atoms with Gasteiger partial charge in [0.2, 0.25) is 0 Å². The summed E-state index contributed by atoms with van der Waals surface area (Å²) in [6.07, 6.45) is 2.60. The van der Waals surface area contributed by atoms with Gasteiger partial charge in [0, 0.05) is 30.0 Å². The van der Waals surface area contributed by atoms with Gasteiger partial charge in [0.15, 0.2) is 0 Å². The van der Waals surface area contributed by atoms with E-state index in [2.05, 4.69) is 84.2 Å². The summed E-state index contributed by atoms with van der Waals surface area (Å²) >= 11 is 0. The number of fused-ring (bicyclic) bond motifs is 3. The van der Waals surface area contributed by atoms with Gasteiger partial charge in [0.05, 0.1) is 11.4 Å². The highest BCUT2D eigenvalue weighted by Crippen LogP contribution is 2.39. The molecule has 1 aromatic heterocycles. The van der Waals surface area contributed by atoms with Crippen LogP contribution in [0.2, 0.25) is 0 Å². The lowest BCUT2D eigenvalue weighted by atomic mass is 9.98. The summed E-state index contributed by atoms with van der Waals surface area (Å²) in [7, 11) is 0. The second-order valence-corrected chi connectivity index (χ2v) is 8.47. The van der Waals surface area contributed by atoms with Crippen molar-refractivity contribution in [2.24, 2.45) is 5.92 Å². The third kappa shape index (κ3) is 2.97. The van der Waals surface area contributed by atoms with Crippen LogP contribution in [0.5, 0.6) is 0 Å². The molecular weight excluding hydrogens is 344 g/mol. The molecule has 1 unspecified atom stereocenters. The number of benzene rings is 2. The maximum Gasteiger partial charge on any atom is 0.147 e. The van der Waals surface area contributed by atoms with E-state index in [9.17, 15) is 0 Å². The summed E-state index contributed by atoms with van der Waals surface area (Å²) < 4.78 is 2.13. The second-order valence-electron chi connectivity index (χ2n) is 8.47. The van der Waals surface area contributed by atoms with E-state index in [0.29, 0.717) is 0 Å². The first-order valence-corrected chi connectivity index (χ1v) is 10.4. The van der Waals surface area contributed by atoms with E-state index < -0.39 is 0 Å². The zero-order chi connectivity index (χ0) is 19.3. The fourth-order valence-corrected chi connectivity index (χ4v) is 4.48. The highest BCUT2D eigenvalue weighted by molar-refractivity contribution is 5.79. The second kappa shape index (κ2) is 6.69. The minimum atomic E-state index is 0.0225. The molecule has 1 fully saturated rings. The molecule has 0 spiro atoms. The van der Waals surface area contributed by atoms with Gasteiger partial charge in [-0.15, -0.1) is 0 Å². The van der Waals surface area contributed by atoms with Crippen molar-refractivity contribution in [1.29, 1.82) is 0 Å². The molecular formula is C24H28N4. The van der Waals surface area contributed by atoms with Gasteiger partial charge in [0.1, 0.15) is 6.17 Å². The minimum absolute atomic E-state index is 0.0225. The standard InChI is InChI=1S/C24H28N4/c1-16-10-12-27(13-11-16)20-7-5-19(6-8-20)24-25-22-9-4-17(2)14-21(22)23-15-18(3)26-28(23)24/h4-9,14-16,24-25H,10-13H2,1-3H3. The highest BCUT2D eigenvalue weighted by atomic mass is 15.4. The van der Waals surface area contributed by atoms with Gasteiger partial charge in [-0.05, 0) is 68.5 Å². The van der Waals surface area contributed by atoms with E-state index in [1.807, 2.05) is 0 Å². The molecule has 2 aliphatic heterocycles. The SMILES string of the molecule is Cc1ccc2c(c1)-c1cc(C)nn1C(c1ccc(N3CCC(C)CC3)cc1)N2. The third-order valence-corrected chi connectivity index (χ3v) is 6.20. The fraction of sp³-hybridized carbons (Fsp3) is 0.375. The molecule has 2 aromatic carbocycles. The molecule has 1 saturated heterocycles. The summed E-state index contributed by atoms with van der Waals surface area (Å²) in [6, 6.07) is 17.8. The molecule has 1 N–H and O–H groups in total. The van der Waals surface area contributed by atoms with Crippen LogP contribution in [0.25, 0.3) is 11.3 Å². The van der Waals surface area contributed by atoms with Gasteiger partial charge in [-0.3, -0.25) is 0 Å². The number of aryl methyl sites for hydroxylation is 2. The van der Waals surface area contributed by atoms with Crippen LogP contribution < -0.4 is 10.2 Å². The molecule has 0 radical (unpaired) electrons. The summed E-state index contributed by atoms with van der Waals surface area (Å²) in [5.74, 6) is 0.854. The zero-order valence-corrected chi connectivity index (χ0v) is 16.9. The van der Waals surface area contributed by atoms with Gasteiger partial charge in [-0.2, -0.15) is 5.10 Å². The van der Waals surface area contributed by atoms with Crippen molar-refractivity contribution in [1.82, 2.24) is 9.78 Å². The molecule has 0 aliphatic carbocycles. The molecule has 0 amide bonds. The van der Waals surface area contributed by atoms with Crippen LogP contribution in [-0.4, -0.2) is 22.9 Å². The van der Waals surface area contributed by atoms with Crippen LogP contribution in [0.4, 0.5) is 11.4 Å². The zero-order valence-electron chi connectivity index (χ0n) is 16.9. The third-order valence-electron chi connectivity index (χ3n) is 6.20. The number of anilines is 2. The van der Waals surface area contributed by atoms with Crippen molar-refractivity contribution in [3.63, 3.8) is 0 Å². The maximum absolute atomic E-state index is 4.80. The molecule has 3 aromatic rings. The molecule has 0 bridgehead atoms. The number of aromatic nitrogens is 2. The van der Waals surface area contributed by atoms with Crippen molar-refractivity contribution in [2.75, 3.05) is 23.3 Å². The predicted molar refractivity (Wildman–Crippen MR) is 116 cm³/mol. The van der Waals surface area contributed by atoms with Crippen LogP contribution in [0.1, 0.15) is 42.8 Å². The van der Waals surface area contributed by atoms with Gasteiger partial charge >= 0.3 is 0 Å². The lowest BCUT2D eigenvalue weighted by Gasteiger charge is -2.33. The van der Waals surface area contributed by atoms with Crippen molar-refractivity contribution >= 4 is 11.4 Å². The molecule has 1 atom stereocenters. The van der Waals surface area contributed by atoms with Crippen LogP contribution >= 0.6 is 0 Å². The average Bonchev–Trinajstić information content (AvgIpc) is 3.10. The summed E-state index contributed by atoms with van der Waals surface area (Å²) in [4.78, 5) is 2.51. The Morgan fingerprint density at radius 2 is 1.71 bits per heavy atom. The average molecular weight is 373 g/mol. The first-order valence-electron chi connectivity index (χ1n) is 10.4. The molecule has 2 aliphatic rings. The fourth-order valence-electron chi connectivity index (χ4n) is 4.48. The van der Waals surface area contributed by atoms with Crippen molar-refractivity contribution in [3.05, 3.63) is 65.4 Å². The first kappa shape index (κ1) is 17.4. The Balaban J connectivity index is 1.47. The normalized spacial score (nSPS) is 19.1. The number of rotatable bonds is 2. The van der Waals surface area contributed by atoms with E-state index >= 15 is 0 Å². The number of hydrogen-bond donors (Lipinski definition) is 1. The van der Waals surface area contributed by atoms with Gasteiger partial charge in [-0.1, -0.05) is 30.7 Å². The molecule has 0 saturated carbocycles. The Bertz CT molecular complexity index is 994. The quantitative estimate of drug-likeness (QED) is 0.656. The number of hydrogen-bond acceptors (Lipinski definition) is 3. The molecule has 144 valence electrons. The number of nitrogens with one attached hydrogen (secondary N) is 1. The molecule has 3 heterocycles. The van der Waals surface area contributed by atoms with Crippen LogP contribution in [0.15, 0.2) is 48.5 Å². The van der Waals surface area contributed by atoms with Crippen LogP contribution in [0, 0.1) is 19.8 Å². The van der Waals surface area contributed by atoms with Crippen molar-refractivity contribution in [2.45, 2.75) is 39.8 Å². The predicted octanol–water partition coefficient (Wildman–Crippen LogP) is 5.38. The Morgan fingerprint density at radius 1 is 0.964 bits per heavy atom. The Kier molecular flexibility index (Phi) is 4.15. The molecule has 28 heavy (non-hydrogen) atoms. The minimum Gasteiger partial charge on any atom is -0.372 e. The molecule has 4 heteroatoms. The van der Waals surface area contributed by atoms with Crippen molar-refractivity contribution in [3.8, 4) is 11.3 Å². The molecule has 5 rings (SSSR count). The summed E-state index contributed by atoms with van der Waals surface area (Å²) in [5.41, 5.74) is 8.49. The maximum atomic E-state index is 4.80. The highest BCUT2D eigenvalue weighted by Gasteiger charge is 2.26. The van der Waals surface area contributed by atoms with E-state index in [1.165, 1.54) is 46.6 Å². The summed E-state index contributed by atoms with van der Waals surface area (Å²) in [5, 5.41) is 8.50. The van der Waals surface area contributed by atoms with Gasteiger partial charge in [-0.25, -0.2) is 4.68 Å². The first-order chi connectivity index (χ1) is 13.6. The Labute approximate surface area is 167 Å². The van der Waals surface area contributed by atoms with E-state index in [1.54, 1.807) is 0 Å². The van der Waals surface area contributed by atoms with Gasteiger partial charge < -0.3 is 10.2 Å². The Hall–Kier alpha value is -2.75. The van der Waals surface area contributed by atoms with E-state index in [0.717, 1.165) is 24.7 Å². The largest absolute Gasteiger partial charge is 0.372 e. The van der Waals surface area contributed by atoms with Crippen LogP contribution in [-0.2, 0) is 0 Å². The van der Waals surface area contributed by atoms with Crippen LogP contribution in [0.3, 0.4) is 0 Å². The topological polar surface area (TPSA) is 33.1 Å². The number of nitrogens with zero attached hydrogens (tertiary/aromatic N) is 3. The lowest BCUT2D eigenvalue weighted by molar-refractivity contribution is 0.438. The van der Waals surface area contributed by atoms with Gasteiger partial charge in [0.25, 0.3) is 0 Å². The van der Waals surface area contributed by atoms with Crippen molar-refractivity contribution < 1.29 is 0 Å². The smallest absolute Gasteiger partial charge is 0.147 e. The lowest BCUT2D eigenvalue weighted by Crippen LogP contribution is -2.32. The van der Waals surface area contributed by atoms with E-state index in [4.69, 9.17) is 5.10 Å². The van der Waals surface area contributed by atoms with E-state index in [-0.39, 0.29) is 6.17 Å². The number of piperidine rings is 1. The molecule has 4 nitrogen and oxygen atoms in total. The monoisotopic (exact) mass is 372 g/mol. The Morgan fingerprint density at radius 3 is 2.46 bits per heavy atom.